The molecule has 1 N–H and O–H groups in total. The molecule has 0 spiro atoms. The van der Waals surface area contributed by atoms with Gasteiger partial charge in [0.25, 0.3) is 5.56 Å². The maximum absolute atomic E-state index is 13.6. The molecule has 1 aliphatic heterocycles. The lowest BCUT2D eigenvalue weighted by Gasteiger charge is -2.43. The number of aromatic nitrogens is 5. The van der Waals surface area contributed by atoms with Crippen molar-refractivity contribution in [2.45, 2.75) is 89.8 Å². The summed E-state index contributed by atoms with van der Waals surface area (Å²) in [4.78, 5) is 22.0. The molecule has 0 unspecified atom stereocenters. The molecule has 3 fully saturated rings. The summed E-state index contributed by atoms with van der Waals surface area (Å²) in [5.74, 6) is 0.822. The number of H-pyrrole nitrogens is 1. The zero-order valence-corrected chi connectivity index (χ0v) is 21.7. The number of aromatic amines is 1. The number of rotatable bonds is 5. The van der Waals surface area contributed by atoms with Crippen LogP contribution in [0.5, 0.6) is 0 Å². The normalized spacial score (nSPS) is 21.9. The molecule has 8 heteroatoms. The van der Waals surface area contributed by atoms with Crippen molar-refractivity contribution >= 4 is 10.9 Å². The minimum absolute atomic E-state index is 0.0323. The summed E-state index contributed by atoms with van der Waals surface area (Å²) in [6.45, 7) is 8.09. The van der Waals surface area contributed by atoms with Crippen molar-refractivity contribution in [2.75, 3.05) is 26.2 Å². The number of tetrazole rings is 1. The summed E-state index contributed by atoms with van der Waals surface area (Å²) in [6, 6.07) is 7.19. The highest BCUT2D eigenvalue weighted by molar-refractivity contribution is 5.83. The van der Waals surface area contributed by atoms with E-state index in [9.17, 15) is 4.79 Å². The van der Waals surface area contributed by atoms with Gasteiger partial charge in [-0.15, -0.1) is 5.10 Å². The second kappa shape index (κ2) is 10.1. The first kappa shape index (κ1) is 23.8. The Morgan fingerprint density at radius 1 is 0.889 bits per heavy atom. The van der Waals surface area contributed by atoms with Gasteiger partial charge in [0, 0.05) is 37.8 Å². The topological polar surface area (TPSA) is 82.9 Å². The first-order valence-electron chi connectivity index (χ1n) is 14.0. The van der Waals surface area contributed by atoms with E-state index in [1.54, 1.807) is 0 Å². The summed E-state index contributed by atoms with van der Waals surface area (Å²) >= 11 is 0. The third-order valence-corrected chi connectivity index (χ3v) is 8.86. The molecule has 0 bridgehead atoms. The predicted octanol–water partition coefficient (Wildman–Crippen LogP) is 4.29. The Labute approximate surface area is 213 Å². The van der Waals surface area contributed by atoms with Crippen molar-refractivity contribution in [3.05, 3.63) is 51.1 Å². The number of nitrogens with zero attached hydrogens (tertiary/aromatic N) is 6. The van der Waals surface area contributed by atoms with Crippen LogP contribution in [-0.4, -0.2) is 67.2 Å². The SMILES string of the molecule is Cc1cc(C)c2[nH]c(=O)c([C@@H](c3nnnn3C3CCCC3)N3CCN(C4CCCCC4)CC3)cc2c1. The maximum atomic E-state index is 13.6. The lowest BCUT2D eigenvalue weighted by atomic mass is 9.93. The molecular formula is C28H39N7O. The van der Waals surface area contributed by atoms with Crippen LogP contribution in [0.1, 0.15) is 92.4 Å². The van der Waals surface area contributed by atoms with Crippen LogP contribution in [0.4, 0.5) is 0 Å². The molecular weight excluding hydrogens is 450 g/mol. The van der Waals surface area contributed by atoms with Crippen molar-refractivity contribution in [1.29, 1.82) is 0 Å². The fourth-order valence-electron chi connectivity index (χ4n) is 7.00. The van der Waals surface area contributed by atoms with Gasteiger partial charge >= 0.3 is 0 Å². The summed E-state index contributed by atoms with van der Waals surface area (Å²) in [6.07, 6.45) is 11.4. The molecule has 3 aromatic rings. The number of pyridine rings is 1. The Bertz CT molecular complexity index is 1260. The van der Waals surface area contributed by atoms with Gasteiger partial charge in [-0.25, -0.2) is 4.68 Å². The minimum atomic E-state index is -0.247. The summed E-state index contributed by atoms with van der Waals surface area (Å²) < 4.78 is 2.04. The number of hydrogen-bond donors (Lipinski definition) is 1. The molecule has 0 amide bonds. The molecule has 1 atom stereocenters. The van der Waals surface area contributed by atoms with Crippen LogP contribution in [0.3, 0.4) is 0 Å². The van der Waals surface area contributed by atoms with Gasteiger partial charge in [-0.05, 0) is 73.0 Å². The van der Waals surface area contributed by atoms with E-state index >= 15 is 0 Å². The lowest BCUT2D eigenvalue weighted by molar-refractivity contribution is 0.0613. The molecule has 2 saturated carbocycles. The van der Waals surface area contributed by atoms with E-state index in [0.29, 0.717) is 6.04 Å². The van der Waals surface area contributed by atoms with Gasteiger partial charge in [0.1, 0.15) is 6.04 Å². The number of aryl methyl sites for hydroxylation is 2. The van der Waals surface area contributed by atoms with Gasteiger partial charge in [0.05, 0.1) is 11.6 Å². The smallest absolute Gasteiger partial charge is 0.253 e. The molecule has 2 aliphatic carbocycles. The minimum Gasteiger partial charge on any atom is -0.321 e. The molecule has 1 aromatic carbocycles. The Morgan fingerprint density at radius 3 is 2.33 bits per heavy atom. The highest BCUT2D eigenvalue weighted by Gasteiger charge is 2.36. The lowest BCUT2D eigenvalue weighted by Crippen LogP contribution is -2.52. The van der Waals surface area contributed by atoms with Crippen LogP contribution < -0.4 is 5.56 Å². The van der Waals surface area contributed by atoms with Crippen LogP contribution >= 0.6 is 0 Å². The molecule has 8 nitrogen and oxygen atoms in total. The predicted molar refractivity (Wildman–Crippen MR) is 141 cm³/mol. The van der Waals surface area contributed by atoms with Crippen molar-refractivity contribution in [1.82, 2.24) is 35.0 Å². The van der Waals surface area contributed by atoms with Gasteiger partial charge in [-0.3, -0.25) is 14.6 Å². The zero-order chi connectivity index (χ0) is 24.6. The third-order valence-electron chi connectivity index (χ3n) is 8.86. The first-order valence-corrected chi connectivity index (χ1v) is 14.0. The van der Waals surface area contributed by atoms with Gasteiger partial charge in [-0.2, -0.15) is 0 Å². The largest absolute Gasteiger partial charge is 0.321 e. The second-order valence-corrected chi connectivity index (χ2v) is 11.3. The Balaban J connectivity index is 1.38. The Morgan fingerprint density at radius 2 is 1.58 bits per heavy atom. The monoisotopic (exact) mass is 489 g/mol. The third kappa shape index (κ3) is 4.50. The van der Waals surface area contributed by atoms with E-state index in [1.807, 2.05) is 4.68 Å². The van der Waals surface area contributed by atoms with E-state index in [1.165, 1.54) is 50.5 Å². The van der Waals surface area contributed by atoms with Crippen molar-refractivity contribution in [3.8, 4) is 0 Å². The maximum Gasteiger partial charge on any atom is 0.253 e. The van der Waals surface area contributed by atoms with Crippen LogP contribution in [0.25, 0.3) is 10.9 Å². The molecule has 3 aliphatic rings. The fraction of sp³-hybridized carbons (Fsp3) is 0.643. The van der Waals surface area contributed by atoms with E-state index in [2.05, 4.69) is 62.4 Å². The van der Waals surface area contributed by atoms with E-state index < -0.39 is 0 Å². The quantitative estimate of drug-likeness (QED) is 0.576. The molecule has 0 radical (unpaired) electrons. The molecule has 192 valence electrons. The van der Waals surface area contributed by atoms with Gasteiger partial charge in [-0.1, -0.05) is 43.7 Å². The van der Waals surface area contributed by atoms with Crippen molar-refractivity contribution < 1.29 is 0 Å². The van der Waals surface area contributed by atoms with Crippen molar-refractivity contribution in [2.24, 2.45) is 0 Å². The Hall–Kier alpha value is -2.58. The van der Waals surface area contributed by atoms with Gasteiger partial charge in [0.15, 0.2) is 5.82 Å². The highest BCUT2D eigenvalue weighted by Crippen LogP contribution is 2.35. The second-order valence-electron chi connectivity index (χ2n) is 11.3. The molecule has 36 heavy (non-hydrogen) atoms. The highest BCUT2D eigenvalue weighted by atomic mass is 16.1. The van der Waals surface area contributed by atoms with Crippen LogP contribution in [0.15, 0.2) is 23.0 Å². The Kier molecular flexibility index (Phi) is 6.65. The molecule has 1 saturated heterocycles. The summed E-state index contributed by atoms with van der Waals surface area (Å²) in [5.41, 5.74) is 3.95. The molecule has 2 aromatic heterocycles. The number of piperazine rings is 1. The number of nitrogens with one attached hydrogen (secondary N) is 1. The van der Waals surface area contributed by atoms with Crippen LogP contribution in [0, 0.1) is 13.8 Å². The van der Waals surface area contributed by atoms with Crippen LogP contribution in [0.2, 0.25) is 0 Å². The first-order chi connectivity index (χ1) is 17.6. The number of benzene rings is 1. The van der Waals surface area contributed by atoms with Gasteiger partial charge in [0.2, 0.25) is 0 Å². The van der Waals surface area contributed by atoms with Crippen LogP contribution in [-0.2, 0) is 0 Å². The summed E-state index contributed by atoms with van der Waals surface area (Å²) in [5, 5.41) is 14.2. The number of hydrogen-bond acceptors (Lipinski definition) is 6. The number of fused-ring (bicyclic) bond motifs is 1. The van der Waals surface area contributed by atoms with E-state index in [4.69, 9.17) is 0 Å². The van der Waals surface area contributed by atoms with E-state index in [0.717, 1.165) is 72.9 Å². The van der Waals surface area contributed by atoms with Gasteiger partial charge < -0.3 is 4.98 Å². The standard InChI is InChI=1S/C28H39N7O/c1-19-16-20(2)25-21(17-19)18-24(28(36)29-25)26(27-30-31-32-35(27)23-10-6-7-11-23)34-14-12-33(13-15-34)22-8-4-3-5-9-22/h16-18,22-23,26H,3-15H2,1-2H3,(H,29,36)/t26-/m0/s1. The average molecular weight is 490 g/mol. The molecule has 3 heterocycles. The van der Waals surface area contributed by atoms with Crippen molar-refractivity contribution in [3.63, 3.8) is 0 Å². The summed E-state index contributed by atoms with van der Waals surface area (Å²) in [7, 11) is 0. The molecule has 6 rings (SSSR count). The van der Waals surface area contributed by atoms with E-state index in [-0.39, 0.29) is 11.6 Å². The average Bonchev–Trinajstić information content (AvgIpc) is 3.58. The zero-order valence-electron chi connectivity index (χ0n) is 21.7. The fourth-order valence-corrected chi connectivity index (χ4v) is 7.00.